The molecule has 0 aliphatic carbocycles. The van der Waals surface area contributed by atoms with Crippen LogP contribution in [0.5, 0.6) is 0 Å². The lowest BCUT2D eigenvalue weighted by Gasteiger charge is -1.99. The first-order valence-electron chi connectivity index (χ1n) is 3.95. The lowest BCUT2D eigenvalue weighted by atomic mass is 10.1. The van der Waals surface area contributed by atoms with Crippen molar-refractivity contribution in [1.82, 2.24) is 15.0 Å². The molecule has 13 heavy (non-hydrogen) atoms. The van der Waals surface area contributed by atoms with E-state index < -0.39 is 0 Å². The van der Waals surface area contributed by atoms with Gasteiger partial charge in [0.15, 0.2) is 0 Å². The maximum atomic E-state index is 5.63. The van der Waals surface area contributed by atoms with Gasteiger partial charge in [-0.05, 0) is 0 Å². The molecule has 0 fully saturated rings. The van der Waals surface area contributed by atoms with Crippen molar-refractivity contribution in [2.45, 2.75) is 12.5 Å². The molecule has 0 saturated carbocycles. The quantitative estimate of drug-likeness (QED) is 0.655. The van der Waals surface area contributed by atoms with Crippen molar-refractivity contribution >= 4 is 17.3 Å². The summed E-state index contributed by atoms with van der Waals surface area (Å²) in [5.74, 6) is 0.452. The van der Waals surface area contributed by atoms with Crippen LogP contribution in [-0.4, -0.2) is 32.7 Å². The highest BCUT2D eigenvalue weighted by Gasteiger charge is 2.22. The van der Waals surface area contributed by atoms with Crippen LogP contribution in [0.25, 0.3) is 0 Å². The monoisotopic (exact) mass is 200 g/mol. The van der Waals surface area contributed by atoms with Crippen molar-refractivity contribution in [2.75, 3.05) is 5.88 Å². The molecule has 1 aliphatic rings. The van der Waals surface area contributed by atoms with Crippen molar-refractivity contribution in [3.8, 4) is 0 Å². The highest BCUT2D eigenvalue weighted by molar-refractivity contribution is 6.18. The van der Waals surface area contributed by atoms with Gasteiger partial charge in [0, 0.05) is 13.5 Å². The molecule has 2 rings (SSSR count). The number of oxime groups is 1. The van der Waals surface area contributed by atoms with Crippen molar-refractivity contribution in [1.29, 1.82) is 0 Å². The predicted octanol–water partition coefficient (Wildman–Crippen LogP) is 0.547. The van der Waals surface area contributed by atoms with E-state index in [4.69, 9.17) is 16.4 Å². The van der Waals surface area contributed by atoms with Gasteiger partial charge in [-0.3, -0.25) is 0 Å². The Balaban J connectivity index is 2.12. The number of hydrogen-bond donors (Lipinski definition) is 0. The van der Waals surface area contributed by atoms with E-state index >= 15 is 0 Å². The summed E-state index contributed by atoms with van der Waals surface area (Å²) < 4.78 is 0. The summed E-state index contributed by atoms with van der Waals surface area (Å²) in [5.41, 5.74) is 1.58. The van der Waals surface area contributed by atoms with E-state index in [1.807, 2.05) is 0 Å². The minimum atomic E-state index is -0.0151. The van der Waals surface area contributed by atoms with E-state index in [-0.39, 0.29) is 6.10 Å². The first-order chi connectivity index (χ1) is 6.29. The third kappa shape index (κ3) is 1.65. The molecule has 1 aliphatic heterocycles. The first kappa shape index (κ1) is 8.50. The van der Waals surface area contributed by atoms with Crippen LogP contribution < -0.4 is 0 Å². The number of alkyl halides is 1. The largest absolute Gasteiger partial charge is 0.391 e. The second-order valence-electron chi connectivity index (χ2n) is 2.84. The van der Waals surface area contributed by atoms with E-state index in [0.29, 0.717) is 12.3 Å². The zero-order valence-electron chi connectivity index (χ0n) is 7.14. The Morgan fingerprint density at radius 3 is 3.15 bits per heavy atom. The normalized spacial score (nSPS) is 21.4. The summed E-state index contributed by atoms with van der Waals surface area (Å²) >= 11 is 5.63. The van der Waals surface area contributed by atoms with E-state index in [1.165, 1.54) is 4.80 Å². The molecule has 5 nitrogen and oxygen atoms in total. The van der Waals surface area contributed by atoms with E-state index in [1.54, 1.807) is 13.2 Å². The third-order valence-corrected chi connectivity index (χ3v) is 2.14. The summed E-state index contributed by atoms with van der Waals surface area (Å²) in [6.45, 7) is 0. The van der Waals surface area contributed by atoms with E-state index in [2.05, 4.69) is 15.4 Å². The average molecular weight is 201 g/mol. The first-order valence-corrected chi connectivity index (χ1v) is 4.48. The van der Waals surface area contributed by atoms with Crippen LogP contribution in [0.4, 0.5) is 0 Å². The van der Waals surface area contributed by atoms with Gasteiger partial charge in [0.25, 0.3) is 0 Å². The topological polar surface area (TPSA) is 52.3 Å². The van der Waals surface area contributed by atoms with Crippen LogP contribution in [0.1, 0.15) is 12.1 Å². The summed E-state index contributed by atoms with van der Waals surface area (Å²) in [5, 5.41) is 11.9. The predicted molar refractivity (Wildman–Crippen MR) is 47.8 cm³/mol. The third-order valence-electron chi connectivity index (χ3n) is 1.80. The van der Waals surface area contributed by atoms with Gasteiger partial charge in [0.2, 0.25) is 0 Å². The average Bonchev–Trinajstić information content (AvgIpc) is 2.71. The Morgan fingerprint density at radius 1 is 1.77 bits per heavy atom. The molecule has 0 saturated heterocycles. The molecule has 6 heteroatoms. The lowest BCUT2D eigenvalue weighted by molar-refractivity contribution is 0.102. The molecule has 2 heterocycles. The number of aromatic nitrogens is 3. The molecule has 70 valence electrons. The molecule has 1 aromatic heterocycles. The maximum Gasteiger partial charge on any atom is 0.146 e. The molecule has 0 N–H and O–H groups in total. The van der Waals surface area contributed by atoms with Crippen molar-refractivity contribution in [2.24, 2.45) is 12.2 Å². The molecule has 0 spiro atoms. The Hall–Kier alpha value is -1.10. The van der Waals surface area contributed by atoms with Crippen molar-refractivity contribution in [3.05, 3.63) is 11.9 Å². The smallest absolute Gasteiger partial charge is 0.146 e. The summed E-state index contributed by atoms with van der Waals surface area (Å²) in [6.07, 6.45) is 2.36. The Bertz CT molecular complexity index is 335. The number of halogens is 1. The van der Waals surface area contributed by atoms with Gasteiger partial charge in [-0.1, -0.05) is 5.16 Å². The number of aryl methyl sites for hydroxylation is 1. The molecule has 0 radical (unpaired) electrons. The zero-order chi connectivity index (χ0) is 9.26. The standard InChI is InChI=1S/C7H9ClN4O/c1-12-9-4-7(10-12)6-2-5(3-8)13-11-6/h4-5H,2-3H2,1H3. The van der Waals surface area contributed by atoms with Gasteiger partial charge in [-0.25, -0.2) is 0 Å². The number of hydrogen-bond acceptors (Lipinski definition) is 4. The zero-order valence-corrected chi connectivity index (χ0v) is 7.90. The summed E-state index contributed by atoms with van der Waals surface area (Å²) in [7, 11) is 1.76. The van der Waals surface area contributed by atoms with Crippen LogP contribution in [0.2, 0.25) is 0 Å². The molecular formula is C7H9ClN4O. The SMILES string of the molecule is Cn1ncc(C2=NOC(CCl)C2)n1. The molecule has 1 unspecified atom stereocenters. The van der Waals surface area contributed by atoms with Gasteiger partial charge in [0.05, 0.1) is 12.1 Å². The molecular weight excluding hydrogens is 192 g/mol. The minimum Gasteiger partial charge on any atom is -0.391 e. The fourth-order valence-corrected chi connectivity index (χ4v) is 1.31. The fourth-order valence-electron chi connectivity index (χ4n) is 1.14. The van der Waals surface area contributed by atoms with Crippen molar-refractivity contribution < 1.29 is 4.84 Å². The molecule has 0 aromatic carbocycles. The van der Waals surface area contributed by atoms with E-state index in [0.717, 1.165) is 11.4 Å². The molecule has 0 amide bonds. The lowest BCUT2D eigenvalue weighted by Crippen LogP contribution is -2.10. The Labute approximate surface area is 80.3 Å². The highest BCUT2D eigenvalue weighted by Crippen LogP contribution is 2.15. The van der Waals surface area contributed by atoms with Gasteiger partial charge >= 0.3 is 0 Å². The van der Waals surface area contributed by atoms with E-state index in [9.17, 15) is 0 Å². The van der Waals surface area contributed by atoms with Crippen molar-refractivity contribution in [3.63, 3.8) is 0 Å². The maximum absolute atomic E-state index is 5.63. The summed E-state index contributed by atoms with van der Waals surface area (Å²) in [6, 6.07) is 0. The molecule has 0 bridgehead atoms. The van der Waals surface area contributed by atoms with Crippen LogP contribution in [0, 0.1) is 0 Å². The second kappa shape index (κ2) is 3.33. The highest BCUT2D eigenvalue weighted by atomic mass is 35.5. The second-order valence-corrected chi connectivity index (χ2v) is 3.15. The fraction of sp³-hybridized carbons (Fsp3) is 0.571. The molecule has 1 atom stereocenters. The molecule has 1 aromatic rings. The van der Waals surface area contributed by atoms with Gasteiger partial charge in [0.1, 0.15) is 17.5 Å². The number of rotatable bonds is 2. The number of nitrogens with zero attached hydrogens (tertiary/aromatic N) is 4. The van der Waals surface area contributed by atoms with Gasteiger partial charge in [-0.15, -0.1) is 11.6 Å². The minimum absolute atomic E-state index is 0.0151. The van der Waals surface area contributed by atoms with Crippen LogP contribution in [0.15, 0.2) is 11.4 Å². The summed E-state index contributed by atoms with van der Waals surface area (Å²) in [4.78, 5) is 6.55. The van der Waals surface area contributed by atoms with Gasteiger partial charge in [-0.2, -0.15) is 15.0 Å². The Kier molecular flexibility index (Phi) is 2.18. The Morgan fingerprint density at radius 2 is 2.62 bits per heavy atom. The van der Waals surface area contributed by atoms with Crippen LogP contribution in [0.3, 0.4) is 0 Å². The van der Waals surface area contributed by atoms with Crippen LogP contribution in [-0.2, 0) is 11.9 Å². The van der Waals surface area contributed by atoms with Crippen LogP contribution >= 0.6 is 11.6 Å². The van der Waals surface area contributed by atoms with Gasteiger partial charge < -0.3 is 4.84 Å².